The smallest absolute Gasteiger partial charge is 0.408 e. The fraction of sp³-hybridized carbons (Fsp3) is 0.571. The number of halogens is 5. The van der Waals surface area contributed by atoms with E-state index in [2.05, 4.69) is 15.5 Å². The van der Waals surface area contributed by atoms with E-state index in [4.69, 9.17) is 33.7 Å². The third-order valence-corrected chi connectivity index (χ3v) is 6.30. The lowest BCUT2D eigenvalue weighted by Gasteiger charge is -2.32. The lowest BCUT2D eigenvalue weighted by molar-refractivity contribution is -0.149. The van der Waals surface area contributed by atoms with Crippen molar-refractivity contribution in [2.24, 2.45) is 5.73 Å². The van der Waals surface area contributed by atoms with Crippen molar-refractivity contribution in [2.75, 3.05) is 33.2 Å². The van der Waals surface area contributed by atoms with Gasteiger partial charge in [-0.1, -0.05) is 23.2 Å². The number of rotatable bonds is 9. The van der Waals surface area contributed by atoms with Gasteiger partial charge in [0.25, 0.3) is 5.91 Å². The molecule has 1 aromatic rings. The van der Waals surface area contributed by atoms with Crippen molar-refractivity contribution in [1.29, 1.82) is 0 Å². The molecule has 4 N–H and O–H groups in total. The van der Waals surface area contributed by atoms with E-state index >= 15 is 0 Å². The SMILES string of the molecule is CNC(/C(=C\N)C(=O)NCCCN1CCC(Oc2ccc(Cl)c(C)c2Cl)CC1)C(F)(F)F. The summed E-state index contributed by atoms with van der Waals surface area (Å²) in [7, 11) is 1.13. The zero-order valence-corrected chi connectivity index (χ0v) is 19.6. The van der Waals surface area contributed by atoms with Crippen LogP contribution in [0.4, 0.5) is 13.2 Å². The molecule has 1 fully saturated rings. The summed E-state index contributed by atoms with van der Waals surface area (Å²) in [5.41, 5.74) is 5.50. The predicted octanol–water partition coefficient (Wildman–Crippen LogP) is 3.64. The predicted molar refractivity (Wildman–Crippen MR) is 120 cm³/mol. The number of nitrogens with one attached hydrogen (secondary N) is 2. The average Bonchev–Trinajstić information content (AvgIpc) is 2.75. The zero-order chi connectivity index (χ0) is 23.9. The van der Waals surface area contributed by atoms with Crippen LogP contribution in [0.25, 0.3) is 0 Å². The number of likely N-dealkylation sites (tertiary alicyclic amines) is 1. The van der Waals surface area contributed by atoms with Gasteiger partial charge in [-0.15, -0.1) is 0 Å². The number of hydrogen-bond donors (Lipinski definition) is 3. The lowest BCUT2D eigenvalue weighted by atomic mass is 10.1. The molecule has 1 aliphatic rings. The largest absolute Gasteiger partial charge is 0.489 e. The maximum Gasteiger partial charge on any atom is 0.408 e. The first kappa shape index (κ1) is 26.6. The van der Waals surface area contributed by atoms with Gasteiger partial charge in [-0.2, -0.15) is 13.2 Å². The van der Waals surface area contributed by atoms with E-state index in [1.54, 1.807) is 12.1 Å². The minimum absolute atomic E-state index is 0.0436. The van der Waals surface area contributed by atoms with Crippen LogP contribution in [0.15, 0.2) is 23.9 Å². The molecule has 0 spiro atoms. The molecule has 1 aliphatic heterocycles. The average molecular weight is 497 g/mol. The number of carbonyl (C=O) groups excluding carboxylic acids is 1. The first-order chi connectivity index (χ1) is 15.1. The van der Waals surface area contributed by atoms with Gasteiger partial charge in [0.05, 0.1) is 10.6 Å². The van der Waals surface area contributed by atoms with Crippen molar-refractivity contribution in [3.05, 3.63) is 39.5 Å². The van der Waals surface area contributed by atoms with Gasteiger partial charge in [0.1, 0.15) is 17.9 Å². The fourth-order valence-corrected chi connectivity index (χ4v) is 3.98. The number of alkyl halides is 3. The summed E-state index contributed by atoms with van der Waals surface area (Å²) in [5, 5.41) is 5.71. The molecule has 1 amide bonds. The molecule has 180 valence electrons. The van der Waals surface area contributed by atoms with Gasteiger partial charge in [-0.3, -0.25) is 4.79 Å². The highest BCUT2D eigenvalue weighted by molar-refractivity contribution is 6.36. The molecule has 11 heteroatoms. The van der Waals surface area contributed by atoms with Crippen LogP contribution in [-0.2, 0) is 4.79 Å². The number of amides is 1. The molecule has 0 saturated carbocycles. The van der Waals surface area contributed by atoms with Crippen LogP contribution >= 0.6 is 23.2 Å². The number of nitrogens with two attached hydrogens (primary N) is 1. The monoisotopic (exact) mass is 496 g/mol. The van der Waals surface area contributed by atoms with Gasteiger partial charge >= 0.3 is 6.18 Å². The van der Waals surface area contributed by atoms with E-state index in [1.807, 2.05) is 6.92 Å². The van der Waals surface area contributed by atoms with Crippen LogP contribution in [0.3, 0.4) is 0 Å². The van der Waals surface area contributed by atoms with E-state index in [1.165, 1.54) is 0 Å². The zero-order valence-electron chi connectivity index (χ0n) is 18.1. The Morgan fingerprint density at radius 3 is 2.56 bits per heavy atom. The summed E-state index contributed by atoms with van der Waals surface area (Å²) in [4.78, 5) is 14.3. The number of likely N-dealkylation sites (N-methyl/N-ethyl adjacent to an activating group) is 1. The topological polar surface area (TPSA) is 79.6 Å². The van der Waals surface area contributed by atoms with Crippen LogP contribution in [0.2, 0.25) is 10.0 Å². The summed E-state index contributed by atoms with van der Waals surface area (Å²) in [6.07, 6.45) is -1.63. The number of ether oxygens (including phenoxy) is 1. The van der Waals surface area contributed by atoms with Crippen LogP contribution in [-0.4, -0.2) is 62.4 Å². The molecule has 0 aromatic heterocycles. The minimum atomic E-state index is -4.61. The highest BCUT2D eigenvalue weighted by Crippen LogP contribution is 2.34. The third-order valence-electron chi connectivity index (χ3n) is 5.42. The minimum Gasteiger partial charge on any atom is -0.489 e. The van der Waals surface area contributed by atoms with Gasteiger partial charge in [0, 0.05) is 30.9 Å². The summed E-state index contributed by atoms with van der Waals surface area (Å²) >= 11 is 12.4. The number of piperidine rings is 1. The van der Waals surface area contributed by atoms with Crippen molar-refractivity contribution in [3.8, 4) is 5.75 Å². The standard InChI is InChI=1S/C21H29Cl2F3N4O2/c1-13-16(22)4-5-17(18(13)23)32-14-6-10-30(11-7-14)9-3-8-29-20(31)15(12-27)19(28-2)21(24,25)26/h4-5,12,14,19,28H,3,6-11,27H2,1-2H3,(H,29,31)/b15-12+. The summed E-state index contributed by atoms with van der Waals surface area (Å²) in [6, 6.07) is 1.43. The van der Waals surface area contributed by atoms with Crippen molar-refractivity contribution in [3.63, 3.8) is 0 Å². The highest BCUT2D eigenvalue weighted by Gasteiger charge is 2.43. The molecule has 1 unspecified atom stereocenters. The Morgan fingerprint density at radius 2 is 2.00 bits per heavy atom. The van der Waals surface area contributed by atoms with E-state index in [0.717, 1.165) is 38.5 Å². The maximum absolute atomic E-state index is 13.0. The van der Waals surface area contributed by atoms with Crippen molar-refractivity contribution < 1.29 is 22.7 Å². The summed E-state index contributed by atoms with van der Waals surface area (Å²) in [6.45, 7) is 4.43. The van der Waals surface area contributed by atoms with Crippen LogP contribution in [0.1, 0.15) is 24.8 Å². The van der Waals surface area contributed by atoms with E-state index in [0.29, 0.717) is 35.0 Å². The summed E-state index contributed by atoms with van der Waals surface area (Å²) in [5.74, 6) is -0.205. The number of nitrogens with zero attached hydrogens (tertiary/aromatic N) is 1. The molecule has 0 bridgehead atoms. The second-order valence-corrected chi connectivity index (χ2v) is 8.42. The van der Waals surface area contributed by atoms with Gasteiger partial charge < -0.3 is 26.0 Å². The normalized spacial score (nSPS) is 17.3. The Balaban J connectivity index is 1.73. The number of hydrogen-bond acceptors (Lipinski definition) is 5. The first-order valence-corrected chi connectivity index (χ1v) is 11.1. The molecular weight excluding hydrogens is 468 g/mol. The van der Waals surface area contributed by atoms with Crippen LogP contribution < -0.4 is 21.1 Å². The maximum atomic E-state index is 13.0. The van der Waals surface area contributed by atoms with Crippen molar-refractivity contribution in [2.45, 2.75) is 44.5 Å². The van der Waals surface area contributed by atoms with E-state index in [-0.39, 0.29) is 12.6 Å². The molecule has 1 saturated heterocycles. The van der Waals surface area contributed by atoms with Gasteiger partial charge in [-0.05, 0) is 57.5 Å². The second kappa shape index (κ2) is 12.0. The fourth-order valence-electron chi connectivity index (χ4n) is 3.56. The molecular formula is C21H29Cl2F3N4O2. The second-order valence-electron chi connectivity index (χ2n) is 7.64. The Kier molecular flexibility index (Phi) is 9.94. The number of benzene rings is 1. The van der Waals surface area contributed by atoms with Crippen molar-refractivity contribution in [1.82, 2.24) is 15.5 Å². The van der Waals surface area contributed by atoms with Gasteiger partial charge in [0.15, 0.2) is 0 Å². The molecule has 0 radical (unpaired) electrons. The molecule has 32 heavy (non-hydrogen) atoms. The Morgan fingerprint density at radius 1 is 1.34 bits per heavy atom. The molecule has 1 aromatic carbocycles. The first-order valence-electron chi connectivity index (χ1n) is 10.4. The summed E-state index contributed by atoms with van der Waals surface area (Å²) < 4.78 is 45.1. The Labute approximate surface area is 196 Å². The van der Waals surface area contributed by atoms with Gasteiger partial charge in [0.2, 0.25) is 0 Å². The molecule has 0 aliphatic carbocycles. The van der Waals surface area contributed by atoms with E-state index < -0.39 is 23.7 Å². The van der Waals surface area contributed by atoms with Crippen LogP contribution in [0.5, 0.6) is 5.75 Å². The molecule has 6 nitrogen and oxygen atoms in total. The Bertz CT molecular complexity index is 813. The van der Waals surface area contributed by atoms with Crippen molar-refractivity contribution >= 4 is 29.1 Å². The molecule has 1 heterocycles. The molecule has 2 rings (SSSR count). The quantitative estimate of drug-likeness (QED) is 0.359. The Hall–Kier alpha value is -1.68. The van der Waals surface area contributed by atoms with E-state index in [9.17, 15) is 18.0 Å². The third kappa shape index (κ3) is 7.16. The lowest BCUT2D eigenvalue weighted by Crippen LogP contribution is -2.47. The van der Waals surface area contributed by atoms with Crippen LogP contribution in [0, 0.1) is 6.92 Å². The number of carbonyl (C=O) groups is 1. The highest BCUT2D eigenvalue weighted by atomic mass is 35.5. The molecule has 1 atom stereocenters. The van der Waals surface area contributed by atoms with Gasteiger partial charge in [-0.25, -0.2) is 0 Å².